The van der Waals surface area contributed by atoms with Gasteiger partial charge in [-0.15, -0.1) is 0 Å². The second-order valence-electron chi connectivity index (χ2n) is 6.99. The molecule has 1 aromatic heterocycles. The zero-order chi connectivity index (χ0) is 22.7. The van der Waals surface area contributed by atoms with Gasteiger partial charge in [-0.1, -0.05) is 48.6 Å². The molecule has 4 aromatic rings. The molecule has 1 heterocycles. The Morgan fingerprint density at radius 1 is 0.875 bits per heavy atom. The third kappa shape index (κ3) is 3.90. The van der Waals surface area contributed by atoms with E-state index in [4.69, 9.17) is 9.47 Å². The summed E-state index contributed by atoms with van der Waals surface area (Å²) in [5, 5.41) is 0.704. The predicted octanol–water partition coefficient (Wildman–Crippen LogP) is 4.84. The van der Waals surface area contributed by atoms with Gasteiger partial charge < -0.3 is 9.47 Å². The molecule has 0 spiro atoms. The van der Waals surface area contributed by atoms with E-state index in [0.717, 1.165) is 0 Å². The summed E-state index contributed by atoms with van der Waals surface area (Å²) in [6.45, 7) is 0. The maximum absolute atomic E-state index is 13.3. The van der Waals surface area contributed by atoms with Crippen molar-refractivity contribution >= 4 is 39.0 Å². The Labute approximate surface area is 186 Å². The van der Waals surface area contributed by atoms with Gasteiger partial charge in [-0.3, -0.25) is 0 Å². The number of aromatic nitrogens is 1. The fourth-order valence-electron chi connectivity index (χ4n) is 3.49. The highest BCUT2D eigenvalue weighted by Crippen LogP contribution is 2.30. The minimum atomic E-state index is -3.80. The molecular weight excluding hydrogens is 426 g/mol. The number of rotatable bonds is 6. The van der Waals surface area contributed by atoms with Crippen molar-refractivity contribution in [3.05, 3.63) is 95.7 Å². The molecule has 0 amide bonds. The van der Waals surface area contributed by atoms with E-state index in [1.807, 2.05) is 6.07 Å². The van der Waals surface area contributed by atoms with Crippen LogP contribution in [0.4, 0.5) is 0 Å². The Hall–Kier alpha value is -3.84. The highest BCUT2D eigenvalue weighted by molar-refractivity contribution is 7.90. The smallest absolute Gasteiger partial charge is 0.338 e. The zero-order valence-electron chi connectivity index (χ0n) is 17.6. The molecule has 0 aliphatic rings. The molecule has 7 heteroatoms. The van der Waals surface area contributed by atoms with Crippen molar-refractivity contribution in [2.45, 2.75) is 4.90 Å². The lowest BCUT2D eigenvalue weighted by atomic mass is 10.1. The maximum atomic E-state index is 13.3. The molecule has 3 aromatic carbocycles. The van der Waals surface area contributed by atoms with Crippen LogP contribution in [0.15, 0.2) is 83.9 Å². The summed E-state index contributed by atoms with van der Waals surface area (Å²) in [6.07, 6.45) is 5.12. The molecular formula is C25H21NO5S. The minimum absolute atomic E-state index is 0.194. The molecule has 0 unspecified atom stereocenters. The van der Waals surface area contributed by atoms with E-state index >= 15 is 0 Å². The van der Waals surface area contributed by atoms with E-state index < -0.39 is 16.0 Å². The Morgan fingerprint density at radius 2 is 1.56 bits per heavy atom. The number of esters is 1. The largest absolute Gasteiger partial charge is 0.497 e. The molecule has 6 nitrogen and oxygen atoms in total. The first-order chi connectivity index (χ1) is 15.5. The van der Waals surface area contributed by atoms with Crippen LogP contribution in [-0.2, 0) is 14.8 Å². The summed E-state index contributed by atoms with van der Waals surface area (Å²) in [6, 6.07) is 20.5. The first-order valence-electron chi connectivity index (χ1n) is 9.81. The van der Waals surface area contributed by atoms with Gasteiger partial charge in [-0.25, -0.2) is 17.2 Å². The van der Waals surface area contributed by atoms with Crippen LogP contribution in [0.3, 0.4) is 0 Å². The second kappa shape index (κ2) is 8.72. The highest BCUT2D eigenvalue weighted by Gasteiger charge is 2.21. The number of carbonyl (C=O) groups excluding carboxylic acids is 1. The average molecular weight is 448 g/mol. The molecule has 0 saturated carbocycles. The van der Waals surface area contributed by atoms with Gasteiger partial charge >= 0.3 is 5.97 Å². The highest BCUT2D eigenvalue weighted by atomic mass is 32.2. The SMILES string of the molecule is COC(=O)c1ccccc1/C=C\c1cn(S(=O)(=O)c2ccccc2)c2ccc(OC)cc12. The number of hydrogen-bond donors (Lipinski definition) is 0. The minimum Gasteiger partial charge on any atom is -0.497 e. The van der Waals surface area contributed by atoms with Crippen LogP contribution in [0, 0.1) is 0 Å². The second-order valence-corrected chi connectivity index (χ2v) is 8.81. The molecule has 0 saturated heterocycles. The number of carbonyl (C=O) groups is 1. The third-order valence-electron chi connectivity index (χ3n) is 5.12. The Morgan fingerprint density at radius 3 is 2.28 bits per heavy atom. The fourth-order valence-corrected chi connectivity index (χ4v) is 4.89. The summed E-state index contributed by atoms with van der Waals surface area (Å²) in [5.74, 6) is 0.165. The van der Waals surface area contributed by atoms with Crippen LogP contribution in [-0.4, -0.2) is 32.6 Å². The van der Waals surface area contributed by atoms with Crippen LogP contribution in [0.25, 0.3) is 23.1 Å². The first-order valence-corrected chi connectivity index (χ1v) is 11.2. The zero-order valence-corrected chi connectivity index (χ0v) is 18.4. The standard InChI is InChI=1S/C25H21NO5S/c1-30-20-14-15-24-23(16-20)19(13-12-18-8-6-7-11-22(18)25(27)31-2)17-26(24)32(28,29)21-9-4-3-5-10-21/h3-17H,1-2H3/b13-12-. The number of ether oxygens (including phenoxy) is 2. The first kappa shape index (κ1) is 21.4. The maximum Gasteiger partial charge on any atom is 0.338 e. The summed E-state index contributed by atoms with van der Waals surface area (Å²) in [5.41, 5.74) is 2.27. The lowest BCUT2D eigenvalue weighted by Crippen LogP contribution is -2.11. The third-order valence-corrected chi connectivity index (χ3v) is 6.80. The lowest BCUT2D eigenvalue weighted by molar-refractivity contribution is 0.0600. The molecule has 4 rings (SSSR count). The number of methoxy groups -OCH3 is 2. The van der Waals surface area contributed by atoms with E-state index in [-0.39, 0.29) is 4.90 Å². The fraction of sp³-hybridized carbons (Fsp3) is 0.0800. The van der Waals surface area contributed by atoms with Gasteiger partial charge in [-0.2, -0.15) is 0 Å². The van der Waals surface area contributed by atoms with Gasteiger partial charge in [0.15, 0.2) is 0 Å². The summed E-state index contributed by atoms with van der Waals surface area (Å²) in [7, 11) is -0.918. The molecule has 0 N–H and O–H groups in total. The van der Waals surface area contributed by atoms with Crippen molar-refractivity contribution < 1.29 is 22.7 Å². The molecule has 0 aliphatic heterocycles. The van der Waals surface area contributed by atoms with Crippen molar-refractivity contribution in [3.63, 3.8) is 0 Å². The number of hydrogen-bond acceptors (Lipinski definition) is 5. The van der Waals surface area contributed by atoms with E-state index in [9.17, 15) is 13.2 Å². The summed E-state index contributed by atoms with van der Waals surface area (Å²) < 4.78 is 38.1. The topological polar surface area (TPSA) is 74.6 Å². The number of fused-ring (bicyclic) bond motifs is 1. The van der Waals surface area contributed by atoms with E-state index in [1.54, 1.807) is 92.2 Å². The molecule has 0 radical (unpaired) electrons. The number of nitrogens with zero attached hydrogens (tertiary/aromatic N) is 1. The molecule has 0 fully saturated rings. The summed E-state index contributed by atoms with van der Waals surface area (Å²) in [4.78, 5) is 12.3. The van der Waals surface area contributed by atoms with Gasteiger partial charge in [0, 0.05) is 17.1 Å². The quantitative estimate of drug-likeness (QED) is 0.395. The van der Waals surface area contributed by atoms with Gasteiger partial charge in [-0.05, 0) is 42.0 Å². The van der Waals surface area contributed by atoms with Crippen molar-refractivity contribution in [1.82, 2.24) is 3.97 Å². The Kier molecular flexibility index (Phi) is 5.83. The van der Waals surface area contributed by atoms with Crippen LogP contribution in [0.2, 0.25) is 0 Å². The van der Waals surface area contributed by atoms with E-state index in [1.165, 1.54) is 11.1 Å². The molecule has 162 valence electrons. The monoisotopic (exact) mass is 447 g/mol. The van der Waals surface area contributed by atoms with Crippen LogP contribution in [0.5, 0.6) is 5.75 Å². The Balaban J connectivity index is 1.88. The van der Waals surface area contributed by atoms with Crippen molar-refractivity contribution in [2.24, 2.45) is 0 Å². The van der Waals surface area contributed by atoms with Crippen molar-refractivity contribution in [1.29, 1.82) is 0 Å². The molecule has 0 atom stereocenters. The van der Waals surface area contributed by atoms with Gasteiger partial charge in [0.2, 0.25) is 0 Å². The van der Waals surface area contributed by atoms with Crippen LogP contribution in [0.1, 0.15) is 21.5 Å². The lowest BCUT2D eigenvalue weighted by Gasteiger charge is -2.07. The Bertz CT molecular complexity index is 1420. The van der Waals surface area contributed by atoms with Gasteiger partial charge in [0.05, 0.1) is 30.2 Å². The van der Waals surface area contributed by atoms with Crippen molar-refractivity contribution in [2.75, 3.05) is 14.2 Å². The van der Waals surface area contributed by atoms with Crippen LogP contribution < -0.4 is 4.74 Å². The van der Waals surface area contributed by atoms with Crippen molar-refractivity contribution in [3.8, 4) is 5.75 Å². The van der Waals surface area contributed by atoms with E-state index in [2.05, 4.69) is 0 Å². The number of benzene rings is 3. The molecule has 0 aliphatic carbocycles. The van der Waals surface area contributed by atoms with Crippen LogP contribution >= 0.6 is 0 Å². The van der Waals surface area contributed by atoms with Gasteiger partial charge in [0.25, 0.3) is 10.0 Å². The predicted molar refractivity (Wildman–Crippen MR) is 124 cm³/mol. The molecule has 0 bridgehead atoms. The average Bonchev–Trinajstić information content (AvgIpc) is 3.21. The molecule has 32 heavy (non-hydrogen) atoms. The normalized spacial score (nSPS) is 11.7. The van der Waals surface area contributed by atoms with E-state index in [0.29, 0.717) is 33.3 Å². The van der Waals surface area contributed by atoms with Gasteiger partial charge in [0.1, 0.15) is 5.75 Å². The summed E-state index contributed by atoms with van der Waals surface area (Å²) >= 11 is 0.